The first-order valence-electron chi connectivity index (χ1n) is 10.7. The van der Waals surface area contributed by atoms with Crippen LogP contribution < -0.4 is 10.6 Å². The third-order valence-corrected chi connectivity index (χ3v) is 5.08. The quantitative estimate of drug-likeness (QED) is 0.436. The van der Waals surface area contributed by atoms with Crippen LogP contribution in [0.4, 0.5) is 5.69 Å². The van der Waals surface area contributed by atoms with Crippen molar-refractivity contribution in [2.24, 2.45) is 0 Å². The van der Waals surface area contributed by atoms with Gasteiger partial charge in [-0.1, -0.05) is 40.5 Å². The summed E-state index contributed by atoms with van der Waals surface area (Å²) in [5.41, 5.74) is 1.54. The van der Waals surface area contributed by atoms with Gasteiger partial charge in [-0.25, -0.2) is 4.68 Å². The van der Waals surface area contributed by atoms with E-state index in [-0.39, 0.29) is 18.1 Å². The molecule has 3 aromatic rings. The fourth-order valence-electron chi connectivity index (χ4n) is 3.14. The molecule has 9 nitrogen and oxygen atoms in total. The highest BCUT2D eigenvalue weighted by Gasteiger charge is 2.26. The Bertz CT molecular complexity index is 1250. The van der Waals surface area contributed by atoms with Crippen LogP contribution in [0.25, 0.3) is 5.69 Å². The second kappa shape index (κ2) is 11.3. The number of nitriles is 1. The number of halogens is 2. The van der Waals surface area contributed by atoms with Crippen molar-refractivity contribution in [2.75, 3.05) is 11.9 Å². The topological polar surface area (TPSA) is 122 Å². The van der Waals surface area contributed by atoms with Crippen LogP contribution >= 0.6 is 23.2 Å². The van der Waals surface area contributed by atoms with Crippen LogP contribution in [0, 0.1) is 11.3 Å². The summed E-state index contributed by atoms with van der Waals surface area (Å²) < 4.78 is 6.94. The van der Waals surface area contributed by atoms with E-state index >= 15 is 0 Å². The van der Waals surface area contributed by atoms with Gasteiger partial charge < -0.3 is 10.1 Å². The van der Waals surface area contributed by atoms with Gasteiger partial charge in [0.05, 0.1) is 35.7 Å². The van der Waals surface area contributed by atoms with Crippen molar-refractivity contribution in [1.29, 1.82) is 5.26 Å². The van der Waals surface area contributed by atoms with Gasteiger partial charge >= 0.3 is 5.97 Å². The Balaban J connectivity index is 1.73. The van der Waals surface area contributed by atoms with Crippen LogP contribution in [-0.4, -0.2) is 45.1 Å². The molecule has 1 heterocycles. The minimum Gasteiger partial charge on any atom is -0.459 e. The Morgan fingerprint density at radius 3 is 2.49 bits per heavy atom. The van der Waals surface area contributed by atoms with Crippen molar-refractivity contribution in [3.8, 4) is 11.8 Å². The second-order valence-electron chi connectivity index (χ2n) is 8.68. The van der Waals surface area contributed by atoms with Crippen LogP contribution in [0.2, 0.25) is 10.2 Å². The van der Waals surface area contributed by atoms with Crippen molar-refractivity contribution in [1.82, 2.24) is 20.3 Å². The summed E-state index contributed by atoms with van der Waals surface area (Å²) in [6, 6.07) is 13.0. The summed E-state index contributed by atoms with van der Waals surface area (Å²) in [6.07, 6.45) is 1.77. The molecule has 0 radical (unpaired) electrons. The molecule has 0 aliphatic rings. The van der Waals surface area contributed by atoms with Crippen LogP contribution in [0.3, 0.4) is 0 Å². The number of esters is 1. The van der Waals surface area contributed by atoms with Crippen LogP contribution in [0.5, 0.6) is 0 Å². The molecule has 0 fully saturated rings. The second-order valence-corrected chi connectivity index (χ2v) is 9.50. The van der Waals surface area contributed by atoms with Gasteiger partial charge in [-0.05, 0) is 63.1 Å². The molecule has 0 spiro atoms. The number of benzene rings is 2. The number of aromatic nitrogens is 3. The molecule has 35 heavy (non-hydrogen) atoms. The van der Waals surface area contributed by atoms with Crippen molar-refractivity contribution < 1.29 is 14.3 Å². The first-order valence-corrected chi connectivity index (χ1v) is 11.4. The summed E-state index contributed by atoms with van der Waals surface area (Å²) in [6.45, 7) is 5.14. The molecule has 2 aromatic carbocycles. The molecule has 0 aliphatic heterocycles. The Kier molecular flexibility index (Phi) is 8.46. The average molecular weight is 515 g/mol. The van der Waals surface area contributed by atoms with Gasteiger partial charge in [0.25, 0.3) is 0 Å². The van der Waals surface area contributed by atoms with E-state index in [1.165, 1.54) is 10.9 Å². The number of anilines is 1. The normalized spacial score (nSPS) is 12.0. The molecule has 1 aromatic heterocycles. The first-order chi connectivity index (χ1) is 16.5. The zero-order valence-electron chi connectivity index (χ0n) is 19.4. The van der Waals surface area contributed by atoms with E-state index in [0.717, 1.165) is 5.56 Å². The van der Waals surface area contributed by atoms with Crippen molar-refractivity contribution in [3.63, 3.8) is 0 Å². The van der Waals surface area contributed by atoms with Gasteiger partial charge in [-0.15, -0.1) is 5.10 Å². The van der Waals surface area contributed by atoms with Gasteiger partial charge in [0, 0.05) is 5.02 Å². The van der Waals surface area contributed by atoms with E-state index in [1.54, 1.807) is 63.2 Å². The van der Waals surface area contributed by atoms with Crippen molar-refractivity contribution in [3.05, 3.63) is 70.0 Å². The van der Waals surface area contributed by atoms with Gasteiger partial charge in [-0.2, -0.15) is 5.26 Å². The minimum absolute atomic E-state index is 0.176. The maximum absolute atomic E-state index is 12.8. The SMILES string of the molecule is CC(C)(C)OC(=O)C(Cc1ccc(C#N)cc1)NCC(=O)Nc1cc(Cl)ccc1-n1cc(Cl)nn1. The molecule has 3 rings (SSSR count). The maximum atomic E-state index is 12.8. The molecule has 0 saturated heterocycles. The first kappa shape index (κ1) is 26.2. The summed E-state index contributed by atoms with van der Waals surface area (Å²) in [5, 5.41) is 23.0. The van der Waals surface area contributed by atoms with E-state index in [4.69, 9.17) is 33.2 Å². The predicted molar refractivity (Wildman–Crippen MR) is 133 cm³/mol. The number of hydrogen-bond donors (Lipinski definition) is 2. The molecular formula is C24H24Cl2N6O3. The number of nitrogens with one attached hydrogen (secondary N) is 2. The molecule has 182 valence electrons. The van der Waals surface area contributed by atoms with Crippen LogP contribution in [0.1, 0.15) is 31.9 Å². The number of nitrogens with zero attached hydrogens (tertiary/aromatic N) is 4. The fourth-order valence-corrected chi connectivity index (χ4v) is 3.44. The third kappa shape index (κ3) is 7.79. The largest absolute Gasteiger partial charge is 0.459 e. The Hall–Kier alpha value is -3.45. The number of rotatable bonds is 8. The maximum Gasteiger partial charge on any atom is 0.324 e. The van der Waals surface area contributed by atoms with Gasteiger partial charge in [0.2, 0.25) is 5.91 Å². The highest BCUT2D eigenvalue weighted by Crippen LogP contribution is 2.24. The van der Waals surface area contributed by atoms with Crippen LogP contribution in [-0.2, 0) is 20.7 Å². The molecular weight excluding hydrogens is 491 g/mol. The summed E-state index contributed by atoms with van der Waals surface area (Å²) in [5.74, 6) is -0.900. The van der Waals surface area contributed by atoms with Crippen LogP contribution in [0.15, 0.2) is 48.7 Å². The Morgan fingerprint density at radius 1 is 1.17 bits per heavy atom. The third-order valence-electron chi connectivity index (χ3n) is 4.67. The highest BCUT2D eigenvalue weighted by molar-refractivity contribution is 6.31. The lowest BCUT2D eigenvalue weighted by Gasteiger charge is -2.24. The molecule has 11 heteroatoms. The number of hydrogen-bond acceptors (Lipinski definition) is 7. The van der Waals surface area contributed by atoms with Gasteiger partial charge in [0.15, 0.2) is 5.15 Å². The number of carbonyl (C=O) groups is 2. The van der Waals surface area contributed by atoms with Crippen molar-refractivity contribution in [2.45, 2.75) is 38.8 Å². The minimum atomic E-state index is -0.791. The fraction of sp³-hybridized carbons (Fsp3) is 0.292. The Morgan fingerprint density at radius 2 is 1.89 bits per heavy atom. The predicted octanol–water partition coefficient (Wildman–Crippen LogP) is 3.93. The van der Waals surface area contributed by atoms with Gasteiger partial charge in [-0.3, -0.25) is 14.9 Å². The molecule has 1 unspecified atom stereocenters. The molecule has 0 saturated carbocycles. The standard InChI is InChI=1S/C24H24Cl2N6O3/c1-24(2,3)35-23(34)19(10-15-4-6-16(12-27)7-5-15)28-13-22(33)29-18-11-17(25)8-9-20(18)32-14-21(26)30-31-32/h4-9,11,14,19,28H,10,13H2,1-3H3,(H,29,33). The number of ether oxygens (including phenoxy) is 1. The molecule has 2 N–H and O–H groups in total. The van der Waals surface area contributed by atoms with E-state index in [1.807, 2.05) is 0 Å². The zero-order valence-corrected chi connectivity index (χ0v) is 20.9. The number of carbonyl (C=O) groups excluding carboxylic acids is 2. The molecule has 0 bridgehead atoms. The zero-order chi connectivity index (χ0) is 25.6. The summed E-state index contributed by atoms with van der Waals surface area (Å²) >= 11 is 12.0. The van der Waals surface area contributed by atoms with E-state index < -0.39 is 23.5 Å². The smallest absolute Gasteiger partial charge is 0.324 e. The summed E-state index contributed by atoms with van der Waals surface area (Å²) in [4.78, 5) is 25.6. The van der Waals surface area contributed by atoms with E-state index in [2.05, 4.69) is 27.0 Å². The molecule has 0 aliphatic carbocycles. The average Bonchev–Trinajstić information content (AvgIpc) is 3.21. The lowest BCUT2D eigenvalue weighted by Crippen LogP contribution is -2.45. The highest BCUT2D eigenvalue weighted by atomic mass is 35.5. The monoisotopic (exact) mass is 514 g/mol. The van der Waals surface area contributed by atoms with E-state index in [0.29, 0.717) is 22.0 Å². The molecule has 1 amide bonds. The number of amides is 1. The molecule has 1 atom stereocenters. The lowest BCUT2D eigenvalue weighted by atomic mass is 10.0. The Labute approximate surface area is 213 Å². The van der Waals surface area contributed by atoms with Gasteiger partial charge in [0.1, 0.15) is 11.6 Å². The van der Waals surface area contributed by atoms with E-state index in [9.17, 15) is 9.59 Å². The summed E-state index contributed by atoms with van der Waals surface area (Å²) in [7, 11) is 0. The lowest BCUT2D eigenvalue weighted by molar-refractivity contribution is -0.157. The van der Waals surface area contributed by atoms with Crippen molar-refractivity contribution >= 4 is 40.8 Å².